The Labute approximate surface area is 189 Å². The fourth-order valence-electron chi connectivity index (χ4n) is 4.15. The van der Waals surface area contributed by atoms with Crippen molar-refractivity contribution in [2.24, 2.45) is 0 Å². The first kappa shape index (κ1) is 21.9. The number of aromatic nitrogens is 2. The molecule has 1 aromatic heterocycles. The second kappa shape index (κ2) is 9.90. The normalized spacial score (nSPS) is 15.2. The lowest BCUT2D eigenvalue weighted by Crippen LogP contribution is -2.30. The molecule has 1 unspecified atom stereocenters. The first-order valence-corrected chi connectivity index (χ1v) is 11.4. The fraction of sp³-hybridized carbons (Fsp3) is 0.385. The van der Waals surface area contributed by atoms with Crippen molar-refractivity contribution >= 4 is 5.91 Å². The number of aromatic amines is 1. The second-order valence-corrected chi connectivity index (χ2v) is 8.12. The van der Waals surface area contributed by atoms with Crippen LogP contribution in [0.25, 0.3) is 11.3 Å². The number of rotatable bonds is 10. The monoisotopic (exact) mass is 433 g/mol. The number of hydrogen-bond acceptors (Lipinski definition) is 4. The summed E-state index contributed by atoms with van der Waals surface area (Å²) in [6.45, 7) is 5.71. The van der Waals surface area contributed by atoms with Crippen molar-refractivity contribution in [2.45, 2.75) is 45.6 Å². The molecule has 0 fully saturated rings. The van der Waals surface area contributed by atoms with Crippen LogP contribution in [0.3, 0.4) is 0 Å². The third-order valence-corrected chi connectivity index (χ3v) is 5.94. The molecule has 1 aliphatic rings. The van der Waals surface area contributed by atoms with Gasteiger partial charge in [-0.1, -0.05) is 38.8 Å². The molecule has 1 N–H and O–H groups in total. The van der Waals surface area contributed by atoms with Gasteiger partial charge in [-0.3, -0.25) is 9.89 Å². The van der Waals surface area contributed by atoms with E-state index >= 15 is 0 Å². The summed E-state index contributed by atoms with van der Waals surface area (Å²) in [5, 5.41) is 7.55. The summed E-state index contributed by atoms with van der Waals surface area (Å²) in [4.78, 5) is 15.2. The zero-order chi connectivity index (χ0) is 22.5. The maximum atomic E-state index is 13.3. The van der Waals surface area contributed by atoms with E-state index in [1.165, 1.54) is 0 Å². The average molecular weight is 434 g/mol. The lowest BCUT2D eigenvalue weighted by Gasteiger charge is -2.26. The maximum Gasteiger partial charge on any atom is 0.273 e. The highest BCUT2D eigenvalue weighted by atomic mass is 16.5. The van der Waals surface area contributed by atoms with E-state index in [2.05, 4.69) is 36.2 Å². The molecule has 0 bridgehead atoms. The summed E-state index contributed by atoms with van der Waals surface area (Å²) in [6.07, 6.45) is 4.12. The number of amides is 1. The molecule has 6 heteroatoms. The maximum absolute atomic E-state index is 13.3. The van der Waals surface area contributed by atoms with E-state index in [-0.39, 0.29) is 11.9 Å². The van der Waals surface area contributed by atoms with Crippen molar-refractivity contribution in [3.63, 3.8) is 0 Å². The summed E-state index contributed by atoms with van der Waals surface area (Å²) in [6, 6.07) is 15.8. The lowest BCUT2D eigenvalue weighted by atomic mass is 9.96. The Hall–Kier alpha value is -3.28. The number of carbonyl (C=O) groups excluding carboxylic acids is 1. The molecule has 6 nitrogen and oxygen atoms in total. The number of nitrogens with one attached hydrogen (secondary N) is 1. The van der Waals surface area contributed by atoms with Crippen molar-refractivity contribution in [3.8, 4) is 22.8 Å². The van der Waals surface area contributed by atoms with Gasteiger partial charge < -0.3 is 14.4 Å². The van der Waals surface area contributed by atoms with E-state index < -0.39 is 0 Å². The summed E-state index contributed by atoms with van der Waals surface area (Å²) < 4.78 is 11.1. The fourth-order valence-corrected chi connectivity index (χ4v) is 4.15. The molecule has 0 radical (unpaired) electrons. The van der Waals surface area contributed by atoms with Gasteiger partial charge in [0.05, 0.1) is 25.5 Å². The Morgan fingerprint density at radius 1 is 0.969 bits per heavy atom. The number of unbranched alkanes of at least 4 members (excludes halogenated alkanes) is 2. The number of methoxy groups -OCH3 is 1. The summed E-state index contributed by atoms with van der Waals surface area (Å²) in [5.74, 6) is 1.65. The summed E-state index contributed by atoms with van der Waals surface area (Å²) in [7, 11) is 1.65. The van der Waals surface area contributed by atoms with Crippen molar-refractivity contribution in [3.05, 3.63) is 65.4 Å². The van der Waals surface area contributed by atoms with Gasteiger partial charge >= 0.3 is 0 Å². The zero-order valence-corrected chi connectivity index (χ0v) is 19.1. The first-order valence-electron chi connectivity index (χ1n) is 11.4. The van der Waals surface area contributed by atoms with Gasteiger partial charge in [-0.05, 0) is 54.8 Å². The molecule has 0 saturated heterocycles. The molecule has 2 heterocycles. The van der Waals surface area contributed by atoms with E-state index in [0.29, 0.717) is 18.8 Å². The molecule has 1 amide bonds. The Bertz CT molecular complexity index is 1040. The number of carbonyl (C=O) groups is 1. The lowest BCUT2D eigenvalue weighted by molar-refractivity contribution is 0.0741. The van der Waals surface area contributed by atoms with Crippen LogP contribution in [-0.4, -0.2) is 41.3 Å². The predicted molar refractivity (Wildman–Crippen MR) is 125 cm³/mol. The number of fused-ring (bicyclic) bond motifs is 1. The van der Waals surface area contributed by atoms with Crippen LogP contribution in [0.2, 0.25) is 0 Å². The topological polar surface area (TPSA) is 67.5 Å². The van der Waals surface area contributed by atoms with E-state index in [1.54, 1.807) is 7.11 Å². The van der Waals surface area contributed by atoms with Gasteiger partial charge in [-0.15, -0.1) is 0 Å². The standard InChI is InChI=1S/C26H31N3O3/c1-4-6-16-29-25(19-10-14-21(15-11-19)32-17-7-5-2)22-23(27-28-24(22)26(29)30)18-8-12-20(31-3)13-9-18/h8-15,25H,4-7,16-17H2,1-3H3,(H,27,28). The third-order valence-electron chi connectivity index (χ3n) is 5.94. The molecule has 0 saturated carbocycles. The van der Waals surface area contributed by atoms with Crippen molar-refractivity contribution in [1.82, 2.24) is 15.1 Å². The van der Waals surface area contributed by atoms with Gasteiger partial charge in [0.2, 0.25) is 0 Å². The molecule has 4 rings (SSSR count). The van der Waals surface area contributed by atoms with Crippen LogP contribution >= 0.6 is 0 Å². The minimum atomic E-state index is -0.176. The SMILES string of the molecule is CCCCOc1ccc(C2c3c(-c4ccc(OC)cc4)n[nH]c3C(=O)N2CCCC)cc1. The molecule has 2 aromatic carbocycles. The van der Waals surface area contributed by atoms with Crippen LogP contribution in [-0.2, 0) is 0 Å². The number of ether oxygens (including phenoxy) is 2. The molecule has 32 heavy (non-hydrogen) atoms. The molecule has 1 aliphatic heterocycles. The summed E-state index contributed by atoms with van der Waals surface area (Å²) in [5.41, 5.74) is 4.35. The van der Waals surface area contributed by atoms with E-state index in [0.717, 1.165) is 59.6 Å². The van der Waals surface area contributed by atoms with E-state index in [1.807, 2.05) is 41.3 Å². The molecule has 0 aliphatic carbocycles. The highest BCUT2D eigenvalue weighted by Crippen LogP contribution is 2.43. The molecule has 0 spiro atoms. The van der Waals surface area contributed by atoms with E-state index in [9.17, 15) is 4.79 Å². The predicted octanol–water partition coefficient (Wildman–Crippen LogP) is 5.61. The Morgan fingerprint density at radius 3 is 2.31 bits per heavy atom. The summed E-state index contributed by atoms with van der Waals surface area (Å²) >= 11 is 0. The minimum Gasteiger partial charge on any atom is -0.497 e. The molecular formula is C26H31N3O3. The van der Waals surface area contributed by atoms with Gasteiger partial charge in [-0.2, -0.15) is 5.10 Å². The van der Waals surface area contributed by atoms with Gasteiger partial charge in [0.25, 0.3) is 5.91 Å². The second-order valence-electron chi connectivity index (χ2n) is 8.12. The number of benzene rings is 2. The minimum absolute atomic E-state index is 0.00832. The van der Waals surface area contributed by atoms with Gasteiger partial charge in [0, 0.05) is 17.7 Å². The molecule has 3 aromatic rings. The van der Waals surface area contributed by atoms with Crippen LogP contribution in [0.5, 0.6) is 11.5 Å². The van der Waals surface area contributed by atoms with Crippen LogP contribution in [0.1, 0.15) is 67.2 Å². The highest BCUT2D eigenvalue weighted by Gasteiger charge is 2.41. The largest absolute Gasteiger partial charge is 0.497 e. The molecular weight excluding hydrogens is 402 g/mol. The smallest absolute Gasteiger partial charge is 0.273 e. The third kappa shape index (κ3) is 4.22. The van der Waals surface area contributed by atoms with Crippen LogP contribution in [0.15, 0.2) is 48.5 Å². The molecule has 1 atom stereocenters. The van der Waals surface area contributed by atoms with Crippen molar-refractivity contribution in [1.29, 1.82) is 0 Å². The van der Waals surface area contributed by atoms with Crippen molar-refractivity contribution < 1.29 is 14.3 Å². The van der Waals surface area contributed by atoms with Gasteiger partial charge in [0.15, 0.2) is 0 Å². The zero-order valence-electron chi connectivity index (χ0n) is 19.1. The van der Waals surface area contributed by atoms with E-state index in [4.69, 9.17) is 9.47 Å². The highest BCUT2D eigenvalue weighted by molar-refractivity contribution is 6.00. The number of hydrogen-bond donors (Lipinski definition) is 1. The average Bonchev–Trinajstić information content (AvgIpc) is 3.37. The van der Waals surface area contributed by atoms with Gasteiger partial charge in [-0.25, -0.2) is 0 Å². The van der Waals surface area contributed by atoms with Crippen LogP contribution in [0.4, 0.5) is 0 Å². The Balaban J connectivity index is 1.71. The molecule has 168 valence electrons. The Morgan fingerprint density at radius 2 is 1.66 bits per heavy atom. The van der Waals surface area contributed by atoms with Crippen LogP contribution in [0, 0.1) is 0 Å². The quantitative estimate of drug-likeness (QED) is 0.422. The van der Waals surface area contributed by atoms with Crippen molar-refractivity contribution in [2.75, 3.05) is 20.3 Å². The number of nitrogens with zero attached hydrogens (tertiary/aromatic N) is 2. The first-order chi connectivity index (χ1) is 15.7. The van der Waals surface area contributed by atoms with Crippen LogP contribution < -0.4 is 9.47 Å². The Kier molecular flexibility index (Phi) is 6.78. The van der Waals surface area contributed by atoms with Gasteiger partial charge in [0.1, 0.15) is 17.2 Å². The number of H-pyrrole nitrogens is 1.